The van der Waals surface area contributed by atoms with Crippen molar-refractivity contribution in [3.8, 4) is 0 Å². The first-order valence-electron chi connectivity index (χ1n) is 7.44. The molecule has 0 saturated heterocycles. The van der Waals surface area contributed by atoms with Gasteiger partial charge in [0.05, 0.1) is 16.4 Å². The summed E-state index contributed by atoms with van der Waals surface area (Å²) in [5.74, 6) is -1.01. The number of carbonyl (C=O) groups excluding carboxylic acids is 2. The Morgan fingerprint density at radius 3 is 2.54 bits per heavy atom. The first kappa shape index (κ1) is 16.9. The molecule has 2 aromatic rings. The molecule has 1 aliphatic carbocycles. The van der Waals surface area contributed by atoms with Gasteiger partial charge in [0.1, 0.15) is 0 Å². The Morgan fingerprint density at radius 2 is 1.88 bits per heavy atom. The minimum atomic E-state index is -0.941. The van der Waals surface area contributed by atoms with Gasteiger partial charge in [-0.2, -0.15) is 0 Å². The number of esters is 2. The predicted octanol–water partition coefficient (Wildman–Crippen LogP) is 2.58. The van der Waals surface area contributed by atoms with Crippen LogP contribution in [0, 0.1) is 0 Å². The lowest BCUT2D eigenvalue weighted by Crippen LogP contribution is -2.42. The third kappa shape index (κ3) is 2.89. The van der Waals surface area contributed by atoms with Crippen molar-refractivity contribution < 1.29 is 24.2 Å². The van der Waals surface area contributed by atoms with Gasteiger partial charge in [-0.15, -0.1) is 0 Å². The van der Waals surface area contributed by atoms with Crippen LogP contribution in [0.5, 0.6) is 0 Å². The molecule has 1 aromatic heterocycles. The topological polar surface area (TPSA) is 85.7 Å². The summed E-state index contributed by atoms with van der Waals surface area (Å²) in [5, 5.41) is 11.5. The van der Waals surface area contributed by atoms with Crippen molar-refractivity contribution in [1.82, 2.24) is 4.98 Å². The van der Waals surface area contributed by atoms with Crippen LogP contribution in [0.25, 0.3) is 10.9 Å². The van der Waals surface area contributed by atoms with Crippen molar-refractivity contribution >= 4 is 38.8 Å². The third-order valence-corrected chi connectivity index (χ3v) is 4.99. The largest absolute Gasteiger partial charge is 0.457 e. The lowest BCUT2D eigenvalue weighted by molar-refractivity contribution is -0.169. The summed E-state index contributed by atoms with van der Waals surface area (Å²) in [4.78, 5) is 26.7. The first-order chi connectivity index (χ1) is 11.4. The zero-order valence-electron chi connectivity index (χ0n) is 13.1. The fourth-order valence-corrected chi connectivity index (χ4v) is 3.73. The molecule has 0 spiro atoms. The quantitative estimate of drug-likeness (QED) is 0.623. The molecule has 7 heteroatoms. The molecule has 1 aromatic carbocycles. The lowest BCUT2D eigenvalue weighted by Gasteiger charge is -2.38. The van der Waals surface area contributed by atoms with Crippen molar-refractivity contribution in [1.29, 1.82) is 0 Å². The molecular formula is C17H16BrNO5. The molecule has 0 aliphatic heterocycles. The Bertz CT molecular complexity index is 809. The Balaban J connectivity index is 2.20. The van der Waals surface area contributed by atoms with Crippen molar-refractivity contribution in [2.45, 2.75) is 37.0 Å². The van der Waals surface area contributed by atoms with Gasteiger partial charge in [0.2, 0.25) is 0 Å². The van der Waals surface area contributed by atoms with Crippen LogP contribution in [0.15, 0.2) is 30.5 Å². The van der Waals surface area contributed by atoms with Crippen LogP contribution >= 0.6 is 15.9 Å². The second-order valence-corrected chi connectivity index (χ2v) is 6.69. The fraction of sp³-hybridized carbons (Fsp3) is 0.353. The summed E-state index contributed by atoms with van der Waals surface area (Å²) in [6, 6.07) is 7.16. The predicted molar refractivity (Wildman–Crippen MR) is 89.5 cm³/mol. The van der Waals surface area contributed by atoms with Gasteiger partial charge in [0.15, 0.2) is 12.2 Å². The molecule has 0 fully saturated rings. The monoisotopic (exact) mass is 393 g/mol. The maximum absolute atomic E-state index is 11.6. The number of fused-ring (bicyclic) bond motifs is 3. The Hall–Kier alpha value is -1.99. The van der Waals surface area contributed by atoms with Gasteiger partial charge in [-0.1, -0.05) is 28.1 Å². The van der Waals surface area contributed by atoms with Crippen LogP contribution in [0.3, 0.4) is 0 Å². The van der Waals surface area contributed by atoms with E-state index in [1.165, 1.54) is 13.8 Å². The molecule has 1 N–H and O–H groups in total. The van der Waals surface area contributed by atoms with E-state index in [0.29, 0.717) is 11.1 Å². The van der Waals surface area contributed by atoms with Crippen LogP contribution in [-0.2, 0) is 19.1 Å². The fourth-order valence-electron chi connectivity index (χ4n) is 3.08. The number of pyridine rings is 1. The van der Waals surface area contributed by atoms with Gasteiger partial charge in [0, 0.05) is 31.0 Å². The van der Waals surface area contributed by atoms with Crippen LogP contribution in [0.1, 0.15) is 37.2 Å². The highest BCUT2D eigenvalue weighted by Gasteiger charge is 2.45. The van der Waals surface area contributed by atoms with Gasteiger partial charge < -0.3 is 14.6 Å². The number of benzene rings is 1. The van der Waals surface area contributed by atoms with Gasteiger partial charge in [0.25, 0.3) is 0 Å². The third-order valence-electron chi connectivity index (χ3n) is 3.97. The number of rotatable bonds is 2. The average molecular weight is 394 g/mol. The van der Waals surface area contributed by atoms with Gasteiger partial charge in [-0.25, -0.2) is 0 Å². The molecule has 0 saturated carbocycles. The van der Waals surface area contributed by atoms with E-state index in [1.54, 1.807) is 24.4 Å². The minimum absolute atomic E-state index is 0.495. The summed E-state index contributed by atoms with van der Waals surface area (Å²) >= 11 is 3.40. The van der Waals surface area contributed by atoms with E-state index in [0.717, 1.165) is 10.9 Å². The first-order valence-corrected chi connectivity index (χ1v) is 8.36. The van der Waals surface area contributed by atoms with Gasteiger partial charge >= 0.3 is 11.9 Å². The molecule has 1 aliphatic rings. The van der Waals surface area contributed by atoms with E-state index < -0.39 is 35.1 Å². The van der Waals surface area contributed by atoms with Gasteiger partial charge in [-0.05, 0) is 17.7 Å². The number of alkyl halides is 1. The molecule has 6 nitrogen and oxygen atoms in total. The standard InChI is InChI=1S/C17H16BrNO5/c1-8(20)23-16-11-5-6-12-10(4-3-7-19-12)13(11)15(22)14(18)17(16)24-9(2)21/h3-7,14-17,22H,1-2H3/t14-,15+,16-,17-/m1/s1. The highest BCUT2D eigenvalue weighted by molar-refractivity contribution is 9.09. The van der Waals surface area contributed by atoms with E-state index >= 15 is 0 Å². The zero-order valence-corrected chi connectivity index (χ0v) is 14.7. The SMILES string of the molecule is CC(=O)O[C@@H]1[C@H](Br)[C@@H](O)c2c(ccc3ncccc23)[C@H]1OC(C)=O. The summed E-state index contributed by atoms with van der Waals surface area (Å²) in [7, 11) is 0. The number of nitrogens with zero attached hydrogens (tertiary/aromatic N) is 1. The molecule has 126 valence electrons. The van der Waals surface area contributed by atoms with Crippen molar-refractivity contribution in [3.05, 3.63) is 41.6 Å². The van der Waals surface area contributed by atoms with Crippen LogP contribution in [0.2, 0.25) is 0 Å². The molecular weight excluding hydrogens is 378 g/mol. The van der Waals surface area contributed by atoms with E-state index in [1.807, 2.05) is 6.07 Å². The van der Waals surface area contributed by atoms with Crippen molar-refractivity contribution in [3.63, 3.8) is 0 Å². The molecule has 0 bridgehead atoms. The van der Waals surface area contributed by atoms with Crippen LogP contribution < -0.4 is 0 Å². The van der Waals surface area contributed by atoms with E-state index in [9.17, 15) is 14.7 Å². The van der Waals surface area contributed by atoms with Crippen molar-refractivity contribution in [2.24, 2.45) is 0 Å². The second-order valence-electron chi connectivity index (χ2n) is 5.63. The molecule has 24 heavy (non-hydrogen) atoms. The van der Waals surface area contributed by atoms with E-state index in [4.69, 9.17) is 9.47 Å². The maximum atomic E-state index is 11.6. The highest BCUT2D eigenvalue weighted by Crippen LogP contribution is 2.45. The molecule has 4 atom stereocenters. The number of ether oxygens (including phenoxy) is 2. The number of halogens is 1. The van der Waals surface area contributed by atoms with Crippen LogP contribution in [0.4, 0.5) is 0 Å². The van der Waals surface area contributed by atoms with Crippen molar-refractivity contribution in [2.75, 3.05) is 0 Å². The second kappa shape index (κ2) is 6.49. The number of carbonyl (C=O) groups is 2. The Labute approximate surface area is 146 Å². The summed E-state index contributed by atoms with van der Waals surface area (Å²) < 4.78 is 10.7. The average Bonchev–Trinajstić information content (AvgIpc) is 2.54. The highest BCUT2D eigenvalue weighted by atomic mass is 79.9. The van der Waals surface area contributed by atoms with Gasteiger partial charge in [-0.3, -0.25) is 14.6 Å². The molecule has 0 radical (unpaired) electrons. The number of aliphatic hydroxyl groups is 1. The van der Waals surface area contributed by atoms with E-state index in [2.05, 4.69) is 20.9 Å². The maximum Gasteiger partial charge on any atom is 0.303 e. The molecule has 3 rings (SSSR count). The summed E-state index contributed by atoms with van der Waals surface area (Å²) in [5.41, 5.74) is 1.96. The minimum Gasteiger partial charge on any atom is -0.457 e. The normalized spacial score (nSPS) is 25.8. The van der Waals surface area contributed by atoms with E-state index in [-0.39, 0.29) is 0 Å². The summed E-state index contributed by atoms with van der Waals surface area (Å²) in [6.45, 7) is 2.57. The van der Waals surface area contributed by atoms with Crippen LogP contribution in [-0.4, -0.2) is 33.0 Å². The number of aliphatic hydroxyl groups excluding tert-OH is 1. The smallest absolute Gasteiger partial charge is 0.303 e. The number of hydrogen-bond donors (Lipinski definition) is 1. The molecule has 0 unspecified atom stereocenters. The Kier molecular flexibility index (Phi) is 4.56. The molecule has 0 amide bonds. The summed E-state index contributed by atoms with van der Waals surface area (Å²) in [6.07, 6.45) is -0.910. The zero-order chi connectivity index (χ0) is 17.4. The Morgan fingerprint density at radius 1 is 1.17 bits per heavy atom. The number of hydrogen-bond acceptors (Lipinski definition) is 6. The molecule has 1 heterocycles. The number of aromatic nitrogens is 1. The lowest BCUT2D eigenvalue weighted by atomic mass is 9.83.